The van der Waals surface area contributed by atoms with Crippen molar-refractivity contribution in [1.29, 1.82) is 0 Å². The molecule has 0 bridgehead atoms. The van der Waals surface area contributed by atoms with E-state index in [0.717, 1.165) is 16.9 Å². The molecule has 5 rings (SSSR count). The Labute approximate surface area is 173 Å². The van der Waals surface area contributed by atoms with Crippen LogP contribution in [0.3, 0.4) is 0 Å². The van der Waals surface area contributed by atoms with Gasteiger partial charge in [-0.05, 0) is 42.8 Å². The number of hydrogen-bond acceptors (Lipinski definition) is 7. The van der Waals surface area contributed by atoms with Crippen molar-refractivity contribution in [3.8, 4) is 28.6 Å². The zero-order valence-corrected chi connectivity index (χ0v) is 16.5. The van der Waals surface area contributed by atoms with Crippen LogP contribution in [0.15, 0.2) is 47.0 Å². The molecule has 1 unspecified atom stereocenters. The van der Waals surface area contributed by atoms with Crippen molar-refractivity contribution < 1.29 is 23.5 Å². The third-order valence-electron chi connectivity index (χ3n) is 5.22. The Morgan fingerprint density at radius 1 is 1.17 bits per heavy atom. The maximum absolute atomic E-state index is 12.6. The fourth-order valence-electron chi connectivity index (χ4n) is 3.76. The number of likely N-dealkylation sites (tertiary alicyclic amines) is 1. The molecule has 0 saturated carbocycles. The van der Waals surface area contributed by atoms with E-state index in [0.29, 0.717) is 49.3 Å². The van der Waals surface area contributed by atoms with Gasteiger partial charge in [-0.3, -0.25) is 4.79 Å². The van der Waals surface area contributed by atoms with Gasteiger partial charge < -0.3 is 23.6 Å². The van der Waals surface area contributed by atoms with E-state index < -0.39 is 0 Å². The summed E-state index contributed by atoms with van der Waals surface area (Å²) in [6, 6.07) is 13.3. The molecule has 0 aliphatic carbocycles. The van der Waals surface area contributed by atoms with Crippen LogP contribution in [0, 0.1) is 0 Å². The number of hydrogen-bond donors (Lipinski definition) is 0. The van der Waals surface area contributed by atoms with Gasteiger partial charge in [-0.1, -0.05) is 17.3 Å². The molecule has 0 spiro atoms. The van der Waals surface area contributed by atoms with Crippen LogP contribution in [-0.2, 0) is 11.3 Å². The quantitative estimate of drug-likeness (QED) is 0.619. The molecule has 154 valence electrons. The highest BCUT2D eigenvalue weighted by atomic mass is 16.7. The molecule has 0 radical (unpaired) electrons. The Morgan fingerprint density at radius 3 is 2.97 bits per heavy atom. The molecule has 2 aliphatic heterocycles. The van der Waals surface area contributed by atoms with Crippen molar-refractivity contribution in [3.05, 3.63) is 53.9 Å². The smallest absolute Gasteiger partial charge is 0.232 e. The lowest BCUT2D eigenvalue weighted by Gasteiger charge is -2.16. The first kappa shape index (κ1) is 18.5. The van der Waals surface area contributed by atoms with Crippen LogP contribution in [0.4, 0.5) is 0 Å². The van der Waals surface area contributed by atoms with Gasteiger partial charge in [-0.25, -0.2) is 0 Å². The number of rotatable bonds is 6. The number of aromatic nitrogens is 2. The SMILES string of the molecule is CCOc1cccc(CN2CC(c3nc(-c4ccc5c(c4)OCO5)no3)CC2=O)c1. The average molecular weight is 407 g/mol. The summed E-state index contributed by atoms with van der Waals surface area (Å²) < 4.78 is 21.8. The van der Waals surface area contributed by atoms with E-state index >= 15 is 0 Å². The first-order chi connectivity index (χ1) is 14.7. The Hall–Kier alpha value is -3.55. The zero-order chi connectivity index (χ0) is 20.5. The van der Waals surface area contributed by atoms with Gasteiger partial charge in [0.25, 0.3) is 0 Å². The molecule has 3 aromatic rings. The van der Waals surface area contributed by atoms with E-state index in [9.17, 15) is 4.79 Å². The van der Waals surface area contributed by atoms with Crippen LogP contribution >= 0.6 is 0 Å². The molecule has 8 heteroatoms. The van der Waals surface area contributed by atoms with Crippen molar-refractivity contribution in [3.63, 3.8) is 0 Å². The number of fused-ring (bicyclic) bond motifs is 1. The number of nitrogens with zero attached hydrogens (tertiary/aromatic N) is 3. The lowest BCUT2D eigenvalue weighted by molar-refractivity contribution is -0.128. The molecule has 1 amide bonds. The summed E-state index contributed by atoms with van der Waals surface area (Å²) in [5, 5.41) is 4.09. The van der Waals surface area contributed by atoms with E-state index in [-0.39, 0.29) is 18.6 Å². The van der Waals surface area contributed by atoms with Crippen LogP contribution in [0.5, 0.6) is 17.2 Å². The number of carbonyl (C=O) groups excluding carboxylic acids is 1. The lowest BCUT2D eigenvalue weighted by Crippen LogP contribution is -2.24. The molecule has 0 N–H and O–H groups in total. The molecule has 3 heterocycles. The predicted molar refractivity (Wildman–Crippen MR) is 106 cm³/mol. The van der Waals surface area contributed by atoms with Gasteiger partial charge in [-0.15, -0.1) is 0 Å². The normalized spacial score (nSPS) is 17.6. The summed E-state index contributed by atoms with van der Waals surface area (Å²) in [5.74, 6) is 3.07. The summed E-state index contributed by atoms with van der Waals surface area (Å²) in [4.78, 5) is 18.9. The van der Waals surface area contributed by atoms with E-state index in [1.54, 1.807) is 0 Å². The topological polar surface area (TPSA) is 86.9 Å². The van der Waals surface area contributed by atoms with E-state index in [4.69, 9.17) is 18.7 Å². The second-order valence-electron chi connectivity index (χ2n) is 7.28. The Bertz CT molecular complexity index is 1080. The summed E-state index contributed by atoms with van der Waals surface area (Å²) >= 11 is 0. The molecule has 30 heavy (non-hydrogen) atoms. The minimum absolute atomic E-state index is 0.0737. The molecular formula is C22H21N3O5. The number of amides is 1. The summed E-state index contributed by atoms with van der Waals surface area (Å²) in [5.41, 5.74) is 1.81. The van der Waals surface area contributed by atoms with Crippen LogP contribution in [-0.4, -0.2) is 40.9 Å². The maximum Gasteiger partial charge on any atom is 0.232 e. The van der Waals surface area contributed by atoms with Crippen molar-refractivity contribution in [1.82, 2.24) is 15.0 Å². The first-order valence-corrected chi connectivity index (χ1v) is 9.92. The van der Waals surface area contributed by atoms with Gasteiger partial charge >= 0.3 is 0 Å². The number of ether oxygens (including phenoxy) is 3. The fraction of sp³-hybridized carbons (Fsp3) is 0.318. The average Bonchev–Trinajstić information content (AvgIpc) is 3.48. The van der Waals surface area contributed by atoms with Crippen molar-refractivity contribution in [2.45, 2.75) is 25.8 Å². The Balaban J connectivity index is 1.28. The summed E-state index contributed by atoms with van der Waals surface area (Å²) in [6.45, 7) is 3.84. The maximum atomic E-state index is 12.6. The molecule has 2 aliphatic rings. The lowest BCUT2D eigenvalue weighted by atomic mass is 10.1. The van der Waals surface area contributed by atoms with Crippen LogP contribution in [0.1, 0.15) is 30.7 Å². The Morgan fingerprint density at radius 2 is 2.07 bits per heavy atom. The predicted octanol–water partition coefficient (Wildman–Crippen LogP) is 3.38. The highest BCUT2D eigenvalue weighted by molar-refractivity contribution is 5.79. The molecule has 1 saturated heterocycles. The summed E-state index contributed by atoms with van der Waals surface area (Å²) in [6.07, 6.45) is 0.355. The molecular weight excluding hydrogens is 386 g/mol. The third-order valence-corrected chi connectivity index (χ3v) is 5.22. The van der Waals surface area contributed by atoms with Gasteiger partial charge in [0.15, 0.2) is 11.5 Å². The van der Waals surface area contributed by atoms with Crippen LogP contribution in [0.2, 0.25) is 0 Å². The van der Waals surface area contributed by atoms with Crippen molar-refractivity contribution in [2.75, 3.05) is 19.9 Å². The van der Waals surface area contributed by atoms with E-state index in [1.807, 2.05) is 54.3 Å². The third kappa shape index (κ3) is 3.56. The minimum atomic E-state index is -0.122. The highest BCUT2D eigenvalue weighted by Crippen LogP contribution is 2.36. The molecule has 8 nitrogen and oxygen atoms in total. The van der Waals surface area contributed by atoms with Crippen LogP contribution < -0.4 is 14.2 Å². The molecule has 1 aromatic heterocycles. The van der Waals surface area contributed by atoms with E-state index in [1.165, 1.54) is 0 Å². The van der Waals surface area contributed by atoms with Gasteiger partial charge in [-0.2, -0.15) is 4.98 Å². The monoisotopic (exact) mass is 407 g/mol. The van der Waals surface area contributed by atoms with Gasteiger partial charge in [0.2, 0.25) is 24.4 Å². The van der Waals surface area contributed by atoms with Crippen molar-refractivity contribution >= 4 is 5.91 Å². The highest BCUT2D eigenvalue weighted by Gasteiger charge is 2.34. The molecule has 1 atom stereocenters. The second-order valence-corrected chi connectivity index (χ2v) is 7.28. The second kappa shape index (κ2) is 7.70. The van der Waals surface area contributed by atoms with E-state index in [2.05, 4.69) is 10.1 Å². The van der Waals surface area contributed by atoms with Gasteiger partial charge in [0, 0.05) is 25.1 Å². The molecule has 1 fully saturated rings. The molecule has 2 aromatic carbocycles. The minimum Gasteiger partial charge on any atom is -0.494 e. The summed E-state index contributed by atoms with van der Waals surface area (Å²) in [7, 11) is 0. The zero-order valence-electron chi connectivity index (χ0n) is 16.5. The van der Waals surface area contributed by atoms with Crippen LogP contribution in [0.25, 0.3) is 11.4 Å². The fourth-order valence-corrected chi connectivity index (χ4v) is 3.76. The standard InChI is InChI=1S/C22H21N3O5/c1-2-27-17-5-3-4-14(8-17)11-25-12-16(10-20(25)26)22-23-21(24-30-22)15-6-7-18-19(9-15)29-13-28-18/h3-9,16H,2,10-13H2,1H3. The van der Waals surface area contributed by atoms with Gasteiger partial charge in [0.05, 0.1) is 12.5 Å². The number of benzene rings is 2. The number of carbonyl (C=O) groups is 1. The largest absolute Gasteiger partial charge is 0.494 e. The Kier molecular flexibility index (Phi) is 4.74. The van der Waals surface area contributed by atoms with Crippen molar-refractivity contribution in [2.24, 2.45) is 0 Å². The van der Waals surface area contributed by atoms with Gasteiger partial charge in [0.1, 0.15) is 5.75 Å². The first-order valence-electron chi connectivity index (χ1n) is 9.92.